The van der Waals surface area contributed by atoms with Gasteiger partial charge in [0.15, 0.2) is 0 Å². The van der Waals surface area contributed by atoms with Gasteiger partial charge in [-0.3, -0.25) is 0 Å². The number of fused-ring (bicyclic) bond motifs is 18. The van der Waals surface area contributed by atoms with Crippen molar-refractivity contribution in [3.63, 3.8) is 0 Å². The van der Waals surface area contributed by atoms with Crippen molar-refractivity contribution in [1.82, 2.24) is 0 Å². The zero-order valence-corrected chi connectivity index (χ0v) is 22.4. The molecule has 1 nitrogen and oxygen atoms in total. The van der Waals surface area contributed by atoms with Gasteiger partial charge >= 0.3 is 0 Å². The lowest BCUT2D eigenvalue weighted by Gasteiger charge is -2.34. The van der Waals surface area contributed by atoms with Crippen molar-refractivity contribution in [2.24, 2.45) is 0 Å². The van der Waals surface area contributed by atoms with Crippen molar-refractivity contribution in [3.05, 3.63) is 184 Å². The average Bonchev–Trinajstić information content (AvgIpc) is 3.70. The highest BCUT2D eigenvalue weighted by Gasteiger charge is 2.63. The first-order chi connectivity index (χ1) is 20.3. The number of hydrogen-bond acceptors (Lipinski definition) is 1. The van der Waals surface area contributed by atoms with Crippen molar-refractivity contribution in [2.75, 3.05) is 5.73 Å². The second-order valence-corrected chi connectivity index (χ2v) is 11.8. The summed E-state index contributed by atoms with van der Waals surface area (Å²) in [6.07, 6.45) is 0. The van der Waals surface area contributed by atoms with E-state index in [9.17, 15) is 0 Å². The number of nitrogen functional groups attached to an aromatic ring is 1. The molecule has 0 unspecified atom stereocenters. The average molecular weight is 520 g/mol. The first-order valence-corrected chi connectivity index (χ1v) is 14.4. The predicted octanol–water partition coefficient (Wildman–Crippen LogP) is 8.84. The molecular formula is C40H25N. The maximum absolute atomic E-state index is 6.65. The van der Waals surface area contributed by atoms with E-state index in [0.29, 0.717) is 0 Å². The van der Waals surface area contributed by atoms with Crippen LogP contribution in [0, 0.1) is 0 Å². The summed E-state index contributed by atoms with van der Waals surface area (Å²) < 4.78 is 0. The summed E-state index contributed by atoms with van der Waals surface area (Å²) in [5.41, 5.74) is 25.5. The first-order valence-electron chi connectivity index (χ1n) is 14.4. The van der Waals surface area contributed by atoms with E-state index in [1.54, 1.807) is 0 Å². The Morgan fingerprint density at radius 3 is 1.07 bits per heavy atom. The van der Waals surface area contributed by atoms with E-state index in [4.69, 9.17) is 5.73 Å². The van der Waals surface area contributed by atoms with Crippen molar-refractivity contribution in [1.29, 1.82) is 0 Å². The molecule has 2 N–H and O–H groups in total. The van der Waals surface area contributed by atoms with E-state index in [0.717, 1.165) is 5.69 Å². The van der Waals surface area contributed by atoms with E-state index in [1.165, 1.54) is 77.9 Å². The molecule has 4 aliphatic carbocycles. The molecular weight excluding hydrogens is 494 g/mol. The van der Waals surface area contributed by atoms with Crippen molar-refractivity contribution in [3.8, 4) is 22.3 Å². The molecule has 0 saturated carbocycles. The van der Waals surface area contributed by atoms with Crippen LogP contribution in [0.5, 0.6) is 0 Å². The zero-order chi connectivity index (χ0) is 26.9. The van der Waals surface area contributed by atoms with Gasteiger partial charge in [0.05, 0.1) is 10.8 Å². The Labute approximate surface area is 239 Å². The summed E-state index contributed by atoms with van der Waals surface area (Å²) in [4.78, 5) is 0. The molecule has 0 aromatic heterocycles. The van der Waals surface area contributed by atoms with Crippen LogP contribution in [0.15, 0.2) is 140 Å². The maximum Gasteiger partial charge on any atom is 0.0729 e. The molecule has 0 amide bonds. The monoisotopic (exact) mass is 519 g/mol. The van der Waals surface area contributed by atoms with Crippen LogP contribution < -0.4 is 5.73 Å². The van der Waals surface area contributed by atoms with Gasteiger partial charge in [0.25, 0.3) is 0 Å². The third kappa shape index (κ3) is 2.20. The highest BCUT2D eigenvalue weighted by Crippen LogP contribution is 2.74. The van der Waals surface area contributed by atoms with Crippen LogP contribution in [0.2, 0.25) is 0 Å². The Balaban J connectivity index is 1.48. The third-order valence-corrected chi connectivity index (χ3v) is 10.2. The van der Waals surface area contributed by atoms with Crippen LogP contribution in [0.3, 0.4) is 0 Å². The van der Waals surface area contributed by atoms with Gasteiger partial charge in [0.1, 0.15) is 0 Å². The standard InChI is InChI=1S/C40H25N/c41-24-21-22-30-36(23-24)40(33-18-8-3-13-27(33)28-14-4-9-19-34(28)40)37-29-15-5-10-20-35(29)39(38(30)37)31-16-6-1-11-25(31)26-12-2-7-17-32(26)39/h1-23H,41H2. The van der Waals surface area contributed by atoms with Crippen LogP contribution in [0.4, 0.5) is 5.69 Å². The van der Waals surface area contributed by atoms with Crippen molar-refractivity contribution in [2.45, 2.75) is 10.8 Å². The zero-order valence-electron chi connectivity index (χ0n) is 22.4. The van der Waals surface area contributed by atoms with E-state index >= 15 is 0 Å². The van der Waals surface area contributed by atoms with Gasteiger partial charge in [-0.2, -0.15) is 0 Å². The second kappa shape index (κ2) is 7.13. The molecule has 1 heteroatoms. The Hall–Kier alpha value is -5.14. The molecule has 41 heavy (non-hydrogen) atoms. The highest BCUT2D eigenvalue weighted by molar-refractivity contribution is 6.19. The molecule has 0 fully saturated rings. The molecule has 0 aliphatic heterocycles. The minimum absolute atomic E-state index is 0.403. The maximum atomic E-state index is 6.65. The van der Waals surface area contributed by atoms with E-state index < -0.39 is 10.8 Å². The lowest BCUT2D eigenvalue weighted by molar-refractivity contribution is 0.826. The molecule has 2 spiro atoms. The van der Waals surface area contributed by atoms with Gasteiger partial charge in [-0.05, 0) is 90.0 Å². The fourth-order valence-corrected chi connectivity index (χ4v) is 9.03. The highest BCUT2D eigenvalue weighted by atomic mass is 14.6. The fourth-order valence-electron chi connectivity index (χ4n) is 9.03. The molecule has 0 heterocycles. The third-order valence-electron chi connectivity index (χ3n) is 10.2. The van der Waals surface area contributed by atoms with Crippen LogP contribution in [-0.2, 0) is 10.8 Å². The Morgan fingerprint density at radius 1 is 0.317 bits per heavy atom. The van der Waals surface area contributed by atoms with E-state index in [2.05, 4.69) is 140 Å². The van der Waals surface area contributed by atoms with Crippen LogP contribution in [0.1, 0.15) is 44.5 Å². The normalized spacial score (nSPS) is 16.7. The topological polar surface area (TPSA) is 26.0 Å². The van der Waals surface area contributed by atoms with Crippen molar-refractivity contribution < 1.29 is 0 Å². The van der Waals surface area contributed by atoms with Gasteiger partial charge in [-0.15, -0.1) is 0 Å². The number of anilines is 1. The number of nitrogens with two attached hydrogens (primary N) is 1. The molecule has 190 valence electrons. The quantitative estimate of drug-likeness (QED) is 0.199. The Kier molecular flexibility index (Phi) is 3.77. The summed E-state index contributed by atoms with van der Waals surface area (Å²) >= 11 is 0. The molecule has 0 radical (unpaired) electrons. The molecule has 6 aromatic rings. The molecule has 4 aliphatic rings. The summed E-state index contributed by atoms with van der Waals surface area (Å²) in [6.45, 7) is 0. The molecule has 6 aromatic carbocycles. The number of hydrogen-bond donors (Lipinski definition) is 1. The molecule has 0 atom stereocenters. The van der Waals surface area contributed by atoms with Crippen molar-refractivity contribution >= 4 is 16.8 Å². The Bertz CT molecular complexity index is 2090. The second-order valence-electron chi connectivity index (χ2n) is 11.8. The lowest BCUT2D eigenvalue weighted by atomic mass is 9.66. The van der Waals surface area contributed by atoms with Gasteiger partial charge in [-0.1, -0.05) is 127 Å². The fraction of sp³-hybridized carbons (Fsp3) is 0.0500. The first kappa shape index (κ1) is 21.7. The summed E-state index contributed by atoms with van der Waals surface area (Å²) in [6, 6.07) is 52.0. The van der Waals surface area contributed by atoms with Crippen LogP contribution >= 0.6 is 0 Å². The molecule has 0 saturated heterocycles. The Morgan fingerprint density at radius 2 is 0.634 bits per heavy atom. The van der Waals surface area contributed by atoms with E-state index in [-0.39, 0.29) is 0 Å². The molecule has 10 rings (SSSR count). The lowest BCUT2D eigenvalue weighted by Crippen LogP contribution is -2.28. The minimum Gasteiger partial charge on any atom is -0.399 e. The van der Waals surface area contributed by atoms with Crippen LogP contribution in [-0.4, -0.2) is 0 Å². The summed E-state index contributed by atoms with van der Waals surface area (Å²) in [5, 5.41) is 0. The minimum atomic E-state index is -0.445. The van der Waals surface area contributed by atoms with E-state index in [1.807, 2.05) is 0 Å². The SMILES string of the molecule is Nc1ccc2c(c1)C1(C3=C2C2(c4ccccc43)c3ccccc3-c3ccccc32)c2ccccc2-c2ccccc21. The number of allylic oxidation sites excluding steroid dienone is 2. The largest absolute Gasteiger partial charge is 0.399 e. The molecule has 0 bridgehead atoms. The number of rotatable bonds is 0. The van der Waals surface area contributed by atoms with Gasteiger partial charge in [0.2, 0.25) is 0 Å². The smallest absolute Gasteiger partial charge is 0.0729 e. The van der Waals surface area contributed by atoms with Gasteiger partial charge in [0, 0.05) is 5.69 Å². The predicted molar refractivity (Wildman–Crippen MR) is 168 cm³/mol. The van der Waals surface area contributed by atoms with Gasteiger partial charge in [-0.25, -0.2) is 0 Å². The summed E-state index contributed by atoms with van der Waals surface area (Å²) in [5.74, 6) is 0. The van der Waals surface area contributed by atoms with Gasteiger partial charge < -0.3 is 5.73 Å². The summed E-state index contributed by atoms with van der Waals surface area (Å²) in [7, 11) is 0. The number of benzene rings is 6. The van der Waals surface area contributed by atoms with Crippen LogP contribution in [0.25, 0.3) is 33.4 Å².